The molecule has 110 valence electrons. The molecule has 1 amide bonds. The molecule has 21 heavy (non-hydrogen) atoms. The minimum atomic E-state index is -0.124. The van der Waals surface area contributed by atoms with Gasteiger partial charge in [0, 0.05) is 23.8 Å². The third-order valence-electron chi connectivity index (χ3n) is 2.93. The molecule has 0 saturated heterocycles. The van der Waals surface area contributed by atoms with E-state index in [1.165, 1.54) is 0 Å². The number of amides is 1. The van der Waals surface area contributed by atoms with Crippen LogP contribution in [0.4, 0.5) is 5.69 Å². The summed E-state index contributed by atoms with van der Waals surface area (Å²) in [5.41, 5.74) is 2.48. The lowest BCUT2D eigenvalue weighted by molar-refractivity contribution is 0.102. The minimum absolute atomic E-state index is 0.0496. The summed E-state index contributed by atoms with van der Waals surface area (Å²) >= 11 is 0. The first-order chi connectivity index (χ1) is 9.94. The van der Waals surface area contributed by atoms with Gasteiger partial charge in [0.05, 0.1) is 11.9 Å². The van der Waals surface area contributed by atoms with Crippen LogP contribution < -0.4 is 10.6 Å². The zero-order valence-electron chi connectivity index (χ0n) is 12.7. The highest BCUT2D eigenvalue weighted by Crippen LogP contribution is 2.10. The maximum Gasteiger partial charge on any atom is 0.255 e. The summed E-state index contributed by atoms with van der Waals surface area (Å²) < 4.78 is 0. The average molecular weight is 283 g/mol. The lowest BCUT2D eigenvalue weighted by Gasteiger charge is -2.20. The van der Waals surface area contributed by atoms with E-state index in [4.69, 9.17) is 0 Å². The molecular formula is C17H21N3O. The van der Waals surface area contributed by atoms with Crippen LogP contribution in [0, 0.1) is 0 Å². The van der Waals surface area contributed by atoms with Crippen molar-refractivity contribution in [3.63, 3.8) is 0 Å². The van der Waals surface area contributed by atoms with E-state index >= 15 is 0 Å². The molecule has 0 unspecified atom stereocenters. The van der Waals surface area contributed by atoms with Crippen molar-refractivity contribution in [1.29, 1.82) is 0 Å². The van der Waals surface area contributed by atoms with E-state index in [2.05, 4.69) is 36.4 Å². The summed E-state index contributed by atoms with van der Waals surface area (Å²) in [4.78, 5) is 16.2. The molecule has 0 aliphatic heterocycles. The zero-order valence-corrected chi connectivity index (χ0v) is 12.7. The molecule has 0 aliphatic carbocycles. The van der Waals surface area contributed by atoms with Crippen LogP contribution in [0.15, 0.2) is 48.8 Å². The third kappa shape index (κ3) is 5.00. The van der Waals surface area contributed by atoms with Gasteiger partial charge in [-0.1, -0.05) is 12.1 Å². The molecule has 0 spiro atoms. The first-order valence-electron chi connectivity index (χ1n) is 6.99. The molecular weight excluding hydrogens is 262 g/mol. The van der Waals surface area contributed by atoms with Gasteiger partial charge in [-0.3, -0.25) is 9.78 Å². The number of carbonyl (C=O) groups excluding carboxylic acids is 1. The molecule has 0 bridgehead atoms. The van der Waals surface area contributed by atoms with Gasteiger partial charge < -0.3 is 10.6 Å². The number of anilines is 1. The van der Waals surface area contributed by atoms with Crippen LogP contribution in [-0.2, 0) is 6.54 Å². The first-order valence-corrected chi connectivity index (χ1v) is 6.99. The Bertz CT molecular complexity index is 603. The first kappa shape index (κ1) is 15.2. The number of nitrogens with zero attached hydrogens (tertiary/aromatic N) is 1. The molecule has 4 nitrogen and oxygen atoms in total. The van der Waals surface area contributed by atoms with Crippen LogP contribution in [0.1, 0.15) is 36.7 Å². The maximum atomic E-state index is 12.2. The zero-order chi connectivity index (χ0) is 15.3. The van der Waals surface area contributed by atoms with E-state index in [-0.39, 0.29) is 11.4 Å². The lowest BCUT2D eigenvalue weighted by atomic mass is 10.1. The Hall–Kier alpha value is -2.20. The number of nitrogens with one attached hydrogen (secondary N) is 2. The van der Waals surface area contributed by atoms with Gasteiger partial charge in [-0.15, -0.1) is 0 Å². The van der Waals surface area contributed by atoms with Crippen LogP contribution in [0.3, 0.4) is 0 Å². The van der Waals surface area contributed by atoms with E-state index in [0.29, 0.717) is 11.3 Å². The predicted molar refractivity (Wildman–Crippen MR) is 85.2 cm³/mol. The summed E-state index contributed by atoms with van der Waals surface area (Å²) in [6.45, 7) is 7.08. The molecule has 1 heterocycles. The lowest BCUT2D eigenvalue weighted by Crippen LogP contribution is -2.35. The summed E-state index contributed by atoms with van der Waals surface area (Å²) in [5.74, 6) is -0.124. The topological polar surface area (TPSA) is 54.0 Å². The summed E-state index contributed by atoms with van der Waals surface area (Å²) in [5, 5.41) is 6.25. The second-order valence-corrected chi connectivity index (χ2v) is 6.00. The molecule has 2 rings (SSSR count). The molecule has 1 aromatic carbocycles. The fourth-order valence-electron chi connectivity index (χ4n) is 1.83. The number of hydrogen-bond acceptors (Lipinski definition) is 3. The molecule has 0 atom stereocenters. The third-order valence-corrected chi connectivity index (χ3v) is 2.93. The van der Waals surface area contributed by atoms with E-state index in [1.54, 1.807) is 18.5 Å². The van der Waals surface area contributed by atoms with Gasteiger partial charge in [-0.2, -0.15) is 0 Å². The monoisotopic (exact) mass is 283 g/mol. The number of carbonyl (C=O) groups is 1. The number of benzene rings is 1. The molecule has 0 saturated carbocycles. The van der Waals surface area contributed by atoms with Gasteiger partial charge >= 0.3 is 0 Å². The molecule has 4 heteroatoms. The van der Waals surface area contributed by atoms with E-state index in [1.807, 2.05) is 30.3 Å². The number of aromatic nitrogens is 1. The van der Waals surface area contributed by atoms with Crippen molar-refractivity contribution in [2.45, 2.75) is 32.9 Å². The molecule has 0 aliphatic rings. The summed E-state index contributed by atoms with van der Waals surface area (Å²) in [6.07, 6.45) is 3.30. The van der Waals surface area contributed by atoms with Crippen molar-refractivity contribution < 1.29 is 4.79 Å². The Morgan fingerprint density at radius 3 is 2.67 bits per heavy atom. The molecule has 0 radical (unpaired) electrons. The fourth-order valence-corrected chi connectivity index (χ4v) is 1.83. The van der Waals surface area contributed by atoms with Crippen molar-refractivity contribution >= 4 is 11.6 Å². The molecule has 2 N–H and O–H groups in total. The van der Waals surface area contributed by atoms with Gasteiger partial charge in [-0.25, -0.2) is 0 Å². The Balaban J connectivity index is 2.05. The van der Waals surface area contributed by atoms with Gasteiger partial charge in [0.1, 0.15) is 0 Å². The summed E-state index contributed by atoms with van der Waals surface area (Å²) in [7, 11) is 0. The highest BCUT2D eigenvalue weighted by molar-refractivity contribution is 6.04. The number of rotatable bonds is 4. The largest absolute Gasteiger partial charge is 0.321 e. The van der Waals surface area contributed by atoms with Gasteiger partial charge in [0.2, 0.25) is 0 Å². The molecule has 0 fully saturated rings. The number of hydrogen-bond donors (Lipinski definition) is 2. The Morgan fingerprint density at radius 2 is 2.00 bits per heavy atom. The quantitative estimate of drug-likeness (QED) is 0.906. The van der Waals surface area contributed by atoms with Gasteiger partial charge in [0.25, 0.3) is 5.91 Å². The van der Waals surface area contributed by atoms with Crippen LogP contribution in [-0.4, -0.2) is 16.4 Å². The molecule has 1 aromatic heterocycles. The van der Waals surface area contributed by atoms with Crippen LogP contribution in [0.25, 0.3) is 0 Å². The summed E-state index contributed by atoms with van der Waals surface area (Å²) in [6, 6.07) is 11.2. The SMILES string of the molecule is CC(C)(C)NCc1cccc(C(=O)Nc2cccnc2)c1. The van der Waals surface area contributed by atoms with Crippen molar-refractivity contribution in [1.82, 2.24) is 10.3 Å². The van der Waals surface area contributed by atoms with E-state index < -0.39 is 0 Å². The second-order valence-electron chi connectivity index (χ2n) is 6.00. The highest BCUT2D eigenvalue weighted by Gasteiger charge is 2.10. The maximum absolute atomic E-state index is 12.2. The van der Waals surface area contributed by atoms with Crippen molar-refractivity contribution in [2.24, 2.45) is 0 Å². The van der Waals surface area contributed by atoms with Gasteiger partial charge in [0.15, 0.2) is 0 Å². The van der Waals surface area contributed by atoms with Crippen molar-refractivity contribution in [3.8, 4) is 0 Å². The van der Waals surface area contributed by atoms with Gasteiger partial charge in [-0.05, 0) is 50.6 Å². The smallest absolute Gasteiger partial charge is 0.255 e. The Labute approximate surface area is 125 Å². The number of pyridine rings is 1. The highest BCUT2D eigenvalue weighted by atomic mass is 16.1. The second kappa shape index (κ2) is 6.50. The molecule has 2 aromatic rings. The average Bonchev–Trinajstić information content (AvgIpc) is 2.46. The fraction of sp³-hybridized carbons (Fsp3) is 0.294. The van der Waals surface area contributed by atoms with Crippen LogP contribution in [0.5, 0.6) is 0 Å². The van der Waals surface area contributed by atoms with Crippen molar-refractivity contribution in [3.05, 3.63) is 59.9 Å². The normalized spacial score (nSPS) is 11.2. The minimum Gasteiger partial charge on any atom is -0.321 e. The van der Waals surface area contributed by atoms with Crippen LogP contribution >= 0.6 is 0 Å². The van der Waals surface area contributed by atoms with E-state index in [9.17, 15) is 4.79 Å². The Morgan fingerprint density at radius 1 is 1.19 bits per heavy atom. The van der Waals surface area contributed by atoms with E-state index in [0.717, 1.165) is 12.1 Å². The standard InChI is InChI=1S/C17H21N3O/c1-17(2,3)19-11-13-6-4-7-14(10-13)16(21)20-15-8-5-9-18-12-15/h4-10,12,19H,11H2,1-3H3,(H,20,21). The van der Waals surface area contributed by atoms with Crippen LogP contribution in [0.2, 0.25) is 0 Å². The Kier molecular flexibility index (Phi) is 4.70. The van der Waals surface area contributed by atoms with Crippen molar-refractivity contribution in [2.75, 3.05) is 5.32 Å². The predicted octanol–water partition coefficient (Wildman–Crippen LogP) is 3.22.